The molecule has 5 nitrogen and oxygen atoms in total. The van der Waals surface area contributed by atoms with E-state index in [9.17, 15) is 4.79 Å². The van der Waals surface area contributed by atoms with Crippen LogP contribution in [-0.4, -0.2) is 22.4 Å². The number of aryl methyl sites for hydroxylation is 1. The van der Waals surface area contributed by atoms with Gasteiger partial charge in [0.05, 0.1) is 5.69 Å². The molecule has 1 aliphatic heterocycles. The lowest BCUT2D eigenvalue weighted by molar-refractivity contribution is 0.102. The van der Waals surface area contributed by atoms with Crippen LogP contribution < -0.4 is 10.6 Å². The topological polar surface area (TPSA) is 66.9 Å². The summed E-state index contributed by atoms with van der Waals surface area (Å²) in [7, 11) is 0. The van der Waals surface area contributed by atoms with Crippen LogP contribution in [0.4, 0.5) is 5.95 Å². The lowest BCUT2D eigenvalue weighted by atomic mass is 10.1. The first kappa shape index (κ1) is 13.7. The molecule has 0 spiro atoms. The molecule has 108 valence electrons. The minimum Gasteiger partial charge on any atom is -0.312 e. The number of carbonyl (C=O) groups excluding carboxylic acids is 1. The number of benzene rings is 1. The van der Waals surface area contributed by atoms with Gasteiger partial charge in [-0.15, -0.1) is 0 Å². The van der Waals surface area contributed by atoms with Crippen molar-refractivity contribution in [3.8, 4) is 0 Å². The quantitative estimate of drug-likeness (QED) is 0.903. The van der Waals surface area contributed by atoms with Crippen molar-refractivity contribution < 1.29 is 4.79 Å². The summed E-state index contributed by atoms with van der Waals surface area (Å²) in [4.78, 5) is 20.8. The van der Waals surface area contributed by atoms with Crippen molar-refractivity contribution in [1.82, 2.24) is 15.3 Å². The Morgan fingerprint density at radius 2 is 2.14 bits per heavy atom. The molecule has 0 fully saturated rings. The lowest BCUT2D eigenvalue weighted by Crippen LogP contribution is -2.25. The third-order valence-corrected chi connectivity index (χ3v) is 3.66. The minimum atomic E-state index is -0.175. The molecule has 3 rings (SSSR count). The van der Waals surface area contributed by atoms with Gasteiger partial charge >= 0.3 is 0 Å². The van der Waals surface area contributed by atoms with Crippen LogP contribution in [0.2, 0.25) is 0 Å². The number of amides is 1. The Bertz CT molecular complexity index is 652. The second-order valence-electron chi connectivity index (χ2n) is 5.10. The number of nitrogens with one attached hydrogen (secondary N) is 2. The fraction of sp³-hybridized carbons (Fsp3) is 0.312. The first-order chi connectivity index (χ1) is 10.3. The Morgan fingerprint density at radius 3 is 2.90 bits per heavy atom. The van der Waals surface area contributed by atoms with Gasteiger partial charge in [0.15, 0.2) is 0 Å². The zero-order valence-electron chi connectivity index (χ0n) is 12.0. The van der Waals surface area contributed by atoms with E-state index in [1.54, 1.807) is 6.20 Å². The maximum absolute atomic E-state index is 12.2. The Hall–Kier alpha value is -2.27. The fourth-order valence-corrected chi connectivity index (χ4v) is 2.36. The van der Waals surface area contributed by atoms with Crippen molar-refractivity contribution in [3.63, 3.8) is 0 Å². The van der Waals surface area contributed by atoms with Crippen LogP contribution in [0.25, 0.3) is 0 Å². The van der Waals surface area contributed by atoms with Crippen LogP contribution in [0.5, 0.6) is 0 Å². The largest absolute Gasteiger partial charge is 0.312 e. The standard InChI is InChI=1S/C16H18N4O/c1-2-11-3-5-12(6-4-11)15(21)20-16-18-10-13-9-17-8-7-14(13)19-16/h3-6,10,17H,2,7-9H2,1H3,(H,18,19,20,21). The second-order valence-corrected chi connectivity index (χ2v) is 5.10. The van der Waals surface area contributed by atoms with Gasteiger partial charge in [0.1, 0.15) is 0 Å². The Morgan fingerprint density at radius 1 is 1.33 bits per heavy atom. The van der Waals surface area contributed by atoms with Gasteiger partial charge in [0.25, 0.3) is 5.91 Å². The van der Waals surface area contributed by atoms with Crippen molar-refractivity contribution >= 4 is 11.9 Å². The molecule has 0 bridgehead atoms. The van der Waals surface area contributed by atoms with Gasteiger partial charge in [-0.2, -0.15) is 0 Å². The Kier molecular flexibility index (Phi) is 3.92. The molecule has 1 aromatic heterocycles. The highest BCUT2D eigenvalue weighted by atomic mass is 16.1. The van der Waals surface area contributed by atoms with E-state index in [0.717, 1.165) is 37.2 Å². The number of anilines is 1. The molecule has 1 amide bonds. The summed E-state index contributed by atoms with van der Waals surface area (Å²) in [6, 6.07) is 7.59. The molecular weight excluding hydrogens is 264 g/mol. The summed E-state index contributed by atoms with van der Waals surface area (Å²) < 4.78 is 0. The van der Waals surface area contributed by atoms with Gasteiger partial charge in [-0.3, -0.25) is 10.1 Å². The molecule has 5 heteroatoms. The van der Waals surface area contributed by atoms with Crippen LogP contribution in [0, 0.1) is 0 Å². The third-order valence-electron chi connectivity index (χ3n) is 3.66. The van der Waals surface area contributed by atoms with E-state index in [-0.39, 0.29) is 5.91 Å². The van der Waals surface area contributed by atoms with Crippen molar-refractivity contribution in [2.45, 2.75) is 26.3 Å². The van der Waals surface area contributed by atoms with Gasteiger partial charge < -0.3 is 5.32 Å². The van der Waals surface area contributed by atoms with Gasteiger partial charge in [0, 0.05) is 36.8 Å². The van der Waals surface area contributed by atoms with Gasteiger partial charge in [0.2, 0.25) is 5.95 Å². The van der Waals surface area contributed by atoms with Crippen molar-refractivity contribution in [1.29, 1.82) is 0 Å². The molecule has 1 aromatic carbocycles. The summed E-state index contributed by atoms with van der Waals surface area (Å²) in [6.07, 6.45) is 3.61. The van der Waals surface area contributed by atoms with E-state index in [1.165, 1.54) is 5.56 Å². The maximum atomic E-state index is 12.2. The number of fused-ring (bicyclic) bond motifs is 1. The summed E-state index contributed by atoms with van der Waals surface area (Å²) in [5, 5.41) is 6.03. The van der Waals surface area contributed by atoms with Crippen LogP contribution in [0.15, 0.2) is 30.5 Å². The smallest absolute Gasteiger partial charge is 0.258 e. The molecule has 2 heterocycles. The first-order valence-corrected chi connectivity index (χ1v) is 7.22. The van der Waals surface area contributed by atoms with E-state index < -0.39 is 0 Å². The molecule has 2 aromatic rings. The summed E-state index contributed by atoms with van der Waals surface area (Å²) in [6.45, 7) is 3.79. The Labute approximate surface area is 123 Å². The zero-order chi connectivity index (χ0) is 14.7. The molecule has 0 saturated heterocycles. The predicted molar refractivity (Wildman–Crippen MR) is 81.2 cm³/mol. The molecule has 0 saturated carbocycles. The van der Waals surface area contributed by atoms with Crippen LogP contribution >= 0.6 is 0 Å². The van der Waals surface area contributed by atoms with Crippen molar-refractivity contribution in [2.75, 3.05) is 11.9 Å². The maximum Gasteiger partial charge on any atom is 0.258 e. The highest BCUT2D eigenvalue weighted by molar-refractivity contribution is 6.03. The summed E-state index contributed by atoms with van der Waals surface area (Å²) >= 11 is 0. The van der Waals surface area contributed by atoms with E-state index >= 15 is 0 Å². The molecule has 21 heavy (non-hydrogen) atoms. The average Bonchev–Trinajstić information content (AvgIpc) is 2.55. The summed E-state index contributed by atoms with van der Waals surface area (Å²) in [5.74, 6) is 0.201. The van der Waals surface area contributed by atoms with E-state index in [2.05, 4.69) is 27.5 Å². The molecule has 0 aliphatic carbocycles. The van der Waals surface area contributed by atoms with Gasteiger partial charge in [-0.05, 0) is 24.1 Å². The SMILES string of the molecule is CCc1ccc(C(=O)Nc2ncc3c(n2)CCNC3)cc1. The molecule has 0 unspecified atom stereocenters. The molecule has 0 atom stereocenters. The van der Waals surface area contributed by atoms with E-state index in [0.29, 0.717) is 11.5 Å². The van der Waals surface area contributed by atoms with Crippen molar-refractivity contribution in [3.05, 3.63) is 52.8 Å². The number of rotatable bonds is 3. The number of carbonyl (C=O) groups is 1. The van der Waals surface area contributed by atoms with Crippen molar-refractivity contribution in [2.24, 2.45) is 0 Å². The monoisotopic (exact) mass is 282 g/mol. The van der Waals surface area contributed by atoms with Gasteiger partial charge in [-0.25, -0.2) is 9.97 Å². The summed E-state index contributed by atoms with van der Waals surface area (Å²) in [5.41, 5.74) is 3.95. The minimum absolute atomic E-state index is 0.175. The Balaban J connectivity index is 1.74. The number of hydrogen-bond donors (Lipinski definition) is 2. The fourth-order valence-electron chi connectivity index (χ4n) is 2.36. The third kappa shape index (κ3) is 3.08. The van der Waals surface area contributed by atoms with E-state index in [1.807, 2.05) is 24.3 Å². The lowest BCUT2D eigenvalue weighted by Gasteiger charge is -2.16. The highest BCUT2D eigenvalue weighted by Crippen LogP contribution is 2.13. The number of hydrogen-bond acceptors (Lipinski definition) is 4. The average molecular weight is 282 g/mol. The molecule has 1 aliphatic rings. The first-order valence-electron chi connectivity index (χ1n) is 7.22. The van der Waals surface area contributed by atoms with Crippen LogP contribution in [-0.2, 0) is 19.4 Å². The number of aromatic nitrogens is 2. The predicted octanol–water partition coefficient (Wildman–Crippen LogP) is 1.94. The van der Waals surface area contributed by atoms with Crippen LogP contribution in [0.1, 0.15) is 34.1 Å². The van der Waals surface area contributed by atoms with Gasteiger partial charge in [-0.1, -0.05) is 19.1 Å². The highest BCUT2D eigenvalue weighted by Gasteiger charge is 2.13. The van der Waals surface area contributed by atoms with E-state index in [4.69, 9.17) is 0 Å². The molecule has 2 N–H and O–H groups in total. The van der Waals surface area contributed by atoms with Crippen LogP contribution in [0.3, 0.4) is 0 Å². The normalized spacial score (nSPS) is 13.6. The zero-order valence-corrected chi connectivity index (χ0v) is 12.0. The number of nitrogens with zero attached hydrogens (tertiary/aromatic N) is 2. The molecule has 0 radical (unpaired) electrons. The second kappa shape index (κ2) is 6.01. The molecular formula is C16H18N4O.